The predicted molar refractivity (Wildman–Crippen MR) is 57.5 cm³/mol. The number of nitrogens with one attached hydrogen (secondary N) is 1. The third-order valence-electron chi connectivity index (χ3n) is 2.54. The van der Waals surface area contributed by atoms with E-state index in [-0.39, 0.29) is 5.82 Å². The summed E-state index contributed by atoms with van der Waals surface area (Å²) < 4.78 is 13.0. The van der Waals surface area contributed by atoms with Crippen molar-refractivity contribution in [3.05, 3.63) is 30.1 Å². The van der Waals surface area contributed by atoms with E-state index in [2.05, 4.69) is 5.32 Å². The highest BCUT2D eigenvalue weighted by Crippen LogP contribution is 2.16. The number of nitrogens with zero attached hydrogens (tertiary/aromatic N) is 1. The second kappa shape index (κ2) is 4.59. The summed E-state index contributed by atoms with van der Waals surface area (Å²) >= 11 is 0. The molecule has 0 bridgehead atoms. The number of halogens is 1. The molecule has 2 N–H and O–H groups in total. The molecule has 0 aliphatic carbocycles. The number of aliphatic hydroxyl groups is 1. The van der Waals surface area contributed by atoms with Gasteiger partial charge in [-0.05, 0) is 18.2 Å². The fourth-order valence-corrected chi connectivity index (χ4v) is 1.80. The zero-order valence-electron chi connectivity index (χ0n) is 8.49. The Hall–Kier alpha value is -1.13. The van der Waals surface area contributed by atoms with E-state index in [1.54, 1.807) is 6.07 Å². The van der Waals surface area contributed by atoms with Crippen LogP contribution in [0.1, 0.15) is 0 Å². The standard InChI is InChI=1S/C11H15FN2O/c12-9-2-1-3-10(6-9)14-5-4-13-7-11(15)8-14/h1-3,6,11,13,15H,4-5,7-8H2. The van der Waals surface area contributed by atoms with Crippen molar-refractivity contribution in [1.82, 2.24) is 5.32 Å². The molecule has 15 heavy (non-hydrogen) atoms. The maximum absolute atomic E-state index is 13.0. The lowest BCUT2D eigenvalue weighted by molar-refractivity contribution is 0.185. The first-order chi connectivity index (χ1) is 7.25. The van der Waals surface area contributed by atoms with Crippen LogP contribution in [0, 0.1) is 5.82 Å². The van der Waals surface area contributed by atoms with Crippen molar-refractivity contribution in [3.63, 3.8) is 0 Å². The quantitative estimate of drug-likeness (QED) is 0.712. The van der Waals surface area contributed by atoms with Crippen molar-refractivity contribution in [2.24, 2.45) is 0 Å². The molecule has 3 nitrogen and oxygen atoms in total. The van der Waals surface area contributed by atoms with Crippen LogP contribution in [0.25, 0.3) is 0 Å². The molecule has 0 aromatic heterocycles. The summed E-state index contributed by atoms with van der Waals surface area (Å²) in [5, 5.41) is 12.7. The minimum absolute atomic E-state index is 0.237. The molecule has 4 heteroatoms. The van der Waals surface area contributed by atoms with E-state index in [9.17, 15) is 9.50 Å². The smallest absolute Gasteiger partial charge is 0.125 e. The number of anilines is 1. The third kappa shape index (κ3) is 2.67. The molecule has 2 rings (SSSR count). The average molecular weight is 210 g/mol. The molecule has 1 fully saturated rings. The van der Waals surface area contributed by atoms with E-state index < -0.39 is 6.10 Å². The van der Waals surface area contributed by atoms with Crippen LogP contribution in [-0.2, 0) is 0 Å². The van der Waals surface area contributed by atoms with E-state index >= 15 is 0 Å². The van der Waals surface area contributed by atoms with Gasteiger partial charge in [-0.15, -0.1) is 0 Å². The zero-order valence-corrected chi connectivity index (χ0v) is 8.49. The van der Waals surface area contributed by atoms with E-state index in [1.165, 1.54) is 12.1 Å². The van der Waals surface area contributed by atoms with E-state index in [0.29, 0.717) is 13.1 Å². The molecule has 0 spiro atoms. The van der Waals surface area contributed by atoms with Gasteiger partial charge >= 0.3 is 0 Å². The van der Waals surface area contributed by atoms with Gasteiger partial charge in [0.05, 0.1) is 6.10 Å². The number of hydrogen-bond donors (Lipinski definition) is 2. The zero-order chi connectivity index (χ0) is 10.7. The summed E-state index contributed by atoms with van der Waals surface area (Å²) in [5.41, 5.74) is 0.831. The van der Waals surface area contributed by atoms with Crippen LogP contribution < -0.4 is 10.2 Å². The topological polar surface area (TPSA) is 35.5 Å². The number of hydrogen-bond acceptors (Lipinski definition) is 3. The van der Waals surface area contributed by atoms with Crippen LogP contribution in [0.15, 0.2) is 24.3 Å². The summed E-state index contributed by atoms with van der Waals surface area (Å²) in [6.07, 6.45) is -0.393. The second-order valence-electron chi connectivity index (χ2n) is 3.78. The SMILES string of the molecule is OC1CNCCN(c2cccc(F)c2)C1. The van der Waals surface area contributed by atoms with Crippen molar-refractivity contribution in [2.45, 2.75) is 6.10 Å². The molecule has 82 valence electrons. The Bertz CT molecular complexity index is 332. The fourth-order valence-electron chi connectivity index (χ4n) is 1.80. The lowest BCUT2D eigenvalue weighted by Crippen LogP contribution is -2.32. The lowest BCUT2D eigenvalue weighted by Gasteiger charge is -2.23. The largest absolute Gasteiger partial charge is 0.390 e. The van der Waals surface area contributed by atoms with Crippen LogP contribution in [0.3, 0.4) is 0 Å². The summed E-state index contributed by atoms with van der Waals surface area (Å²) in [7, 11) is 0. The Balaban J connectivity index is 2.14. The molecule has 1 heterocycles. The van der Waals surface area contributed by atoms with Crippen LogP contribution in [0.5, 0.6) is 0 Å². The molecule has 0 saturated carbocycles. The first-order valence-electron chi connectivity index (χ1n) is 5.15. The lowest BCUT2D eigenvalue weighted by atomic mass is 10.2. The van der Waals surface area contributed by atoms with Crippen molar-refractivity contribution in [1.29, 1.82) is 0 Å². The summed E-state index contributed by atoms with van der Waals surface area (Å²) in [6.45, 7) is 2.76. The minimum atomic E-state index is -0.393. The molecule has 1 atom stereocenters. The molecule has 1 aromatic rings. The maximum Gasteiger partial charge on any atom is 0.125 e. The van der Waals surface area contributed by atoms with Crippen LogP contribution in [0.4, 0.5) is 10.1 Å². The fraction of sp³-hybridized carbons (Fsp3) is 0.455. The summed E-state index contributed by atoms with van der Waals surface area (Å²) in [5.74, 6) is -0.237. The van der Waals surface area contributed by atoms with Gasteiger partial charge in [0.1, 0.15) is 5.82 Å². The van der Waals surface area contributed by atoms with Gasteiger partial charge in [0.2, 0.25) is 0 Å². The van der Waals surface area contributed by atoms with Crippen LogP contribution in [0.2, 0.25) is 0 Å². The van der Waals surface area contributed by atoms with Gasteiger partial charge < -0.3 is 15.3 Å². The van der Waals surface area contributed by atoms with Gasteiger partial charge in [-0.25, -0.2) is 4.39 Å². The van der Waals surface area contributed by atoms with E-state index in [1.807, 2.05) is 11.0 Å². The van der Waals surface area contributed by atoms with Crippen molar-refractivity contribution >= 4 is 5.69 Å². The van der Waals surface area contributed by atoms with Crippen molar-refractivity contribution < 1.29 is 9.50 Å². The molecule has 1 unspecified atom stereocenters. The Kier molecular flexibility index (Phi) is 3.18. The summed E-state index contributed by atoms with van der Waals surface area (Å²) in [6, 6.07) is 6.48. The molecule has 1 aliphatic rings. The highest BCUT2D eigenvalue weighted by atomic mass is 19.1. The van der Waals surface area contributed by atoms with Crippen molar-refractivity contribution in [2.75, 3.05) is 31.1 Å². The average Bonchev–Trinajstić information content (AvgIpc) is 2.43. The summed E-state index contributed by atoms with van der Waals surface area (Å²) in [4.78, 5) is 1.99. The van der Waals surface area contributed by atoms with Gasteiger partial charge in [-0.2, -0.15) is 0 Å². The Morgan fingerprint density at radius 1 is 1.47 bits per heavy atom. The number of aliphatic hydroxyl groups excluding tert-OH is 1. The molecule has 0 amide bonds. The van der Waals surface area contributed by atoms with Gasteiger partial charge in [0.15, 0.2) is 0 Å². The molecule has 1 aliphatic heterocycles. The van der Waals surface area contributed by atoms with Crippen LogP contribution in [-0.4, -0.2) is 37.4 Å². The normalized spacial score (nSPS) is 22.5. The van der Waals surface area contributed by atoms with E-state index in [0.717, 1.165) is 18.8 Å². The van der Waals surface area contributed by atoms with Gasteiger partial charge in [-0.1, -0.05) is 6.07 Å². The molecule has 0 radical (unpaired) electrons. The van der Waals surface area contributed by atoms with Gasteiger partial charge in [0.25, 0.3) is 0 Å². The predicted octanol–water partition coefficient (Wildman–Crippen LogP) is 0.596. The highest BCUT2D eigenvalue weighted by Gasteiger charge is 2.15. The van der Waals surface area contributed by atoms with E-state index in [4.69, 9.17) is 0 Å². The highest BCUT2D eigenvalue weighted by molar-refractivity contribution is 5.46. The van der Waals surface area contributed by atoms with Gasteiger partial charge in [-0.3, -0.25) is 0 Å². The van der Waals surface area contributed by atoms with Crippen molar-refractivity contribution in [3.8, 4) is 0 Å². The maximum atomic E-state index is 13.0. The minimum Gasteiger partial charge on any atom is -0.390 e. The second-order valence-corrected chi connectivity index (χ2v) is 3.78. The number of rotatable bonds is 1. The Morgan fingerprint density at radius 2 is 2.33 bits per heavy atom. The first kappa shape index (κ1) is 10.4. The molecular weight excluding hydrogens is 195 g/mol. The Labute approximate surface area is 88.5 Å². The van der Waals surface area contributed by atoms with Crippen LogP contribution >= 0.6 is 0 Å². The first-order valence-corrected chi connectivity index (χ1v) is 5.15. The monoisotopic (exact) mass is 210 g/mol. The molecule has 1 saturated heterocycles. The number of benzene rings is 1. The number of β-amino-alcohol motifs (C(OH)–C–C–N with tert-alkyl or cyclic N) is 1. The third-order valence-corrected chi connectivity index (χ3v) is 2.54. The molecule has 1 aromatic carbocycles. The molecular formula is C11H15FN2O. The van der Waals surface area contributed by atoms with Gasteiger partial charge in [0, 0.05) is 31.9 Å². The Morgan fingerprint density at radius 3 is 3.13 bits per heavy atom.